The summed E-state index contributed by atoms with van der Waals surface area (Å²) in [5.74, 6) is -1.03. The van der Waals surface area contributed by atoms with Gasteiger partial charge in [-0.15, -0.1) is 0 Å². The van der Waals surface area contributed by atoms with Crippen molar-refractivity contribution in [2.75, 3.05) is 0 Å². The van der Waals surface area contributed by atoms with Crippen LogP contribution in [0.4, 0.5) is 0 Å². The number of esters is 1. The van der Waals surface area contributed by atoms with Gasteiger partial charge in [0.25, 0.3) is 5.91 Å². The SMILES string of the molecule is C[C@H](OC(=O)c1cc[n+]([O-])cc1)C(=O)NCc1ccccc1. The number of ether oxygens (including phenoxy) is 1. The second kappa shape index (κ2) is 7.21. The molecule has 6 heteroatoms. The first-order valence-corrected chi connectivity index (χ1v) is 6.77. The van der Waals surface area contributed by atoms with Crippen molar-refractivity contribution in [1.29, 1.82) is 0 Å². The van der Waals surface area contributed by atoms with Crippen molar-refractivity contribution >= 4 is 11.9 Å². The third-order valence-corrected chi connectivity index (χ3v) is 3.00. The van der Waals surface area contributed by atoms with E-state index in [2.05, 4.69) is 5.32 Å². The minimum absolute atomic E-state index is 0.217. The molecule has 0 fully saturated rings. The van der Waals surface area contributed by atoms with Gasteiger partial charge in [0.05, 0.1) is 5.56 Å². The van der Waals surface area contributed by atoms with E-state index < -0.39 is 12.1 Å². The summed E-state index contributed by atoms with van der Waals surface area (Å²) in [7, 11) is 0. The van der Waals surface area contributed by atoms with Crippen molar-refractivity contribution in [3.05, 3.63) is 71.2 Å². The molecular formula is C16H16N2O4. The molecule has 0 unspecified atom stereocenters. The molecule has 0 radical (unpaired) electrons. The lowest BCUT2D eigenvalue weighted by molar-refractivity contribution is -0.605. The zero-order valence-corrected chi connectivity index (χ0v) is 12.1. The minimum atomic E-state index is -0.921. The molecule has 22 heavy (non-hydrogen) atoms. The van der Waals surface area contributed by atoms with E-state index in [-0.39, 0.29) is 11.5 Å². The molecule has 0 bridgehead atoms. The Labute approximate surface area is 127 Å². The molecule has 1 aromatic heterocycles. The van der Waals surface area contributed by atoms with Gasteiger partial charge < -0.3 is 15.3 Å². The van der Waals surface area contributed by atoms with Crippen molar-refractivity contribution in [2.45, 2.75) is 19.6 Å². The molecule has 114 valence electrons. The highest BCUT2D eigenvalue weighted by Crippen LogP contribution is 2.03. The van der Waals surface area contributed by atoms with Gasteiger partial charge in [-0.05, 0) is 12.5 Å². The molecule has 1 aromatic carbocycles. The van der Waals surface area contributed by atoms with Crippen LogP contribution in [0, 0.1) is 5.21 Å². The second-order valence-electron chi connectivity index (χ2n) is 4.70. The average Bonchev–Trinajstić information content (AvgIpc) is 2.54. The highest BCUT2D eigenvalue weighted by atomic mass is 16.5. The Balaban J connectivity index is 1.85. The van der Waals surface area contributed by atoms with Gasteiger partial charge in [-0.2, -0.15) is 4.73 Å². The zero-order valence-electron chi connectivity index (χ0n) is 12.1. The molecule has 1 amide bonds. The molecule has 6 nitrogen and oxygen atoms in total. The molecule has 0 aliphatic heterocycles. The van der Waals surface area contributed by atoms with E-state index in [1.54, 1.807) is 0 Å². The molecule has 1 N–H and O–H groups in total. The van der Waals surface area contributed by atoms with Crippen LogP contribution in [0.1, 0.15) is 22.8 Å². The second-order valence-corrected chi connectivity index (χ2v) is 4.70. The van der Waals surface area contributed by atoms with E-state index in [4.69, 9.17) is 4.74 Å². The third-order valence-electron chi connectivity index (χ3n) is 3.00. The minimum Gasteiger partial charge on any atom is -0.619 e. The number of amides is 1. The summed E-state index contributed by atoms with van der Waals surface area (Å²) in [6.45, 7) is 1.86. The van der Waals surface area contributed by atoms with E-state index in [0.717, 1.165) is 5.56 Å². The van der Waals surface area contributed by atoms with Crippen molar-refractivity contribution in [3.8, 4) is 0 Å². The standard InChI is InChI=1S/C16H16N2O4/c1-12(15(19)17-11-13-5-3-2-4-6-13)22-16(20)14-7-9-18(21)10-8-14/h2-10,12H,11H2,1H3,(H,17,19)/t12-/m0/s1. The van der Waals surface area contributed by atoms with Crippen LogP contribution in [0.15, 0.2) is 54.9 Å². The summed E-state index contributed by atoms with van der Waals surface area (Å²) in [4.78, 5) is 23.7. The molecule has 2 aromatic rings. The number of nitrogens with zero attached hydrogens (tertiary/aromatic N) is 1. The molecule has 0 saturated heterocycles. The van der Waals surface area contributed by atoms with Gasteiger partial charge in [0.1, 0.15) is 0 Å². The first-order valence-electron chi connectivity index (χ1n) is 6.77. The van der Waals surface area contributed by atoms with E-state index in [1.807, 2.05) is 30.3 Å². The van der Waals surface area contributed by atoms with Gasteiger partial charge in [0.2, 0.25) is 0 Å². The zero-order chi connectivity index (χ0) is 15.9. The van der Waals surface area contributed by atoms with Gasteiger partial charge >= 0.3 is 5.97 Å². The summed E-state index contributed by atoms with van der Waals surface area (Å²) in [5, 5.41) is 13.6. The molecule has 1 atom stereocenters. The maximum Gasteiger partial charge on any atom is 0.339 e. The average molecular weight is 300 g/mol. The Morgan fingerprint density at radius 3 is 2.45 bits per heavy atom. The van der Waals surface area contributed by atoms with E-state index in [1.165, 1.54) is 31.5 Å². The van der Waals surface area contributed by atoms with Crippen LogP contribution in [0.2, 0.25) is 0 Å². The quantitative estimate of drug-likeness (QED) is 0.511. The maximum atomic E-state index is 11.9. The van der Waals surface area contributed by atoms with Gasteiger partial charge in [-0.25, -0.2) is 4.79 Å². The Bertz CT molecular complexity index is 641. The fourth-order valence-electron chi connectivity index (χ4n) is 1.76. The maximum absolute atomic E-state index is 11.9. The Morgan fingerprint density at radius 2 is 1.82 bits per heavy atom. The predicted molar refractivity (Wildman–Crippen MR) is 78.6 cm³/mol. The molecular weight excluding hydrogens is 284 g/mol. The smallest absolute Gasteiger partial charge is 0.339 e. The van der Waals surface area contributed by atoms with Crippen LogP contribution < -0.4 is 10.0 Å². The van der Waals surface area contributed by atoms with Crippen molar-refractivity contribution in [1.82, 2.24) is 5.32 Å². The topological polar surface area (TPSA) is 82.3 Å². The van der Waals surface area contributed by atoms with Crippen molar-refractivity contribution in [2.24, 2.45) is 0 Å². The van der Waals surface area contributed by atoms with Crippen LogP contribution in [0.3, 0.4) is 0 Å². The van der Waals surface area contributed by atoms with E-state index in [0.29, 0.717) is 11.3 Å². The fourth-order valence-corrected chi connectivity index (χ4v) is 1.76. The lowest BCUT2D eigenvalue weighted by atomic mass is 10.2. The number of carbonyl (C=O) groups is 2. The normalized spacial score (nSPS) is 11.5. The number of nitrogens with one attached hydrogen (secondary N) is 1. The number of carbonyl (C=O) groups excluding carboxylic acids is 2. The first-order chi connectivity index (χ1) is 10.6. The summed E-state index contributed by atoms with van der Waals surface area (Å²) in [6.07, 6.45) is 1.46. The predicted octanol–water partition coefficient (Wildman–Crippen LogP) is 1.18. The fraction of sp³-hybridized carbons (Fsp3) is 0.188. The number of benzene rings is 1. The first kappa shape index (κ1) is 15.5. The highest BCUT2D eigenvalue weighted by Gasteiger charge is 2.19. The molecule has 0 saturated carbocycles. The largest absolute Gasteiger partial charge is 0.619 e. The van der Waals surface area contributed by atoms with Crippen LogP contribution in [0.5, 0.6) is 0 Å². The van der Waals surface area contributed by atoms with Gasteiger partial charge in [-0.3, -0.25) is 4.79 Å². The van der Waals surface area contributed by atoms with E-state index in [9.17, 15) is 14.8 Å². The molecule has 0 aliphatic rings. The number of aromatic nitrogens is 1. The number of hydrogen-bond acceptors (Lipinski definition) is 4. The molecule has 1 heterocycles. The molecule has 0 spiro atoms. The van der Waals surface area contributed by atoms with Crippen LogP contribution >= 0.6 is 0 Å². The lowest BCUT2D eigenvalue weighted by Gasteiger charge is -2.13. The highest BCUT2D eigenvalue weighted by molar-refractivity contribution is 5.91. The van der Waals surface area contributed by atoms with Gasteiger partial charge in [-0.1, -0.05) is 30.3 Å². The Kier molecular flexibility index (Phi) is 5.08. The number of rotatable bonds is 5. The lowest BCUT2D eigenvalue weighted by Crippen LogP contribution is -2.35. The summed E-state index contributed by atoms with van der Waals surface area (Å²) in [5.41, 5.74) is 1.17. The Hall–Kier alpha value is -2.89. The number of hydrogen-bond donors (Lipinski definition) is 1. The van der Waals surface area contributed by atoms with Crippen LogP contribution in [-0.2, 0) is 16.1 Å². The van der Waals surface area contributed by atoms with Crippen molar-refractivity contribution < 1.29 is 19.1 Å². The Morgan fingerprint density at radius 1 is 1.18 bits per heavy atom. The number of pyridine rings is 1. The third kappa shape index (κ3) is 4.31. The van der Waals surface area contributed by atoms with Crippen molar-refractivity contribution in [3.63, 3.8) is 0 Å². The van der Waals surface area contributed by atoms with Crippen LogP contribution in [0.25, 0.3) is 0 Å². The van der Waals surface area contributed by atoms with E-state index >= 15 is 0 Å². The monoisotopic (exact) mass is 300 g/mol. The van der Waals surface area contributed by atoms with Gasteiger partial charge in [0, 0.05) is 18.7 Å². The summed E-state index contributed by atoms with van der Waals surface area (Å²) >= 11 is 0. The summed E-state index contributed by atoms with van der Waals surface area (Å²) < 4.78 is 5.63. The summed E-state index contributed by atoms with van der Waals surface area (Å²) in [6, 6.07) is 12.1. The van der Waals surface area contributed by atoms with Gasteiger partial charge in [0.15, 0.2) is 18.5 Å². The molecule has 0 aliphatic carbocycles. The molecule has 2 rings (SSSR count). The van der Waals surface area contributed by atoms with Crippen LogP contribution in [-0.4, -0.2) is 18.0 Å².